The van der Waals surface area contributed by atoms with Crippen molar-refractivity contribution >= 4 is 41.5 Å². The van der Waals surface area contributed by atoms with Crippen molar-refractivity contribution < 1.29 is 4.39 Å². The molecule has 6 nitrogen and oxygen atoms in total. The predicted molar refractivity (Wildman–Crippen MR) is 124 cm³/mol. The van der Waals surface area contributed by atoms with E-state index in [1.165, 1.54) is 6.07 Å². The molecule has 2 heterocycles. The Kier molecular flexibility index (Phi) is 7.03. The highest BCUT2D eigenvalue weighted by Gasteiger charge is 2.42. The molecule has 9 heteroatoms. The fraction of sp³-hybridized carbons (Fsp3) is 0.550. The van der Waals surface area contributed by atoms with Gasteiger partial charge in [-0.05, 0) is 25.0 Å². The molecule has 1 aromatic heterocycles. The van der Waals surface area contributed by atoms with Crippen molar-refractivity contribution in [3.05, 3.63) is 46.3 Å². The monoisotopic (exact) mass is 532 g/mol. The standard InChI is InChI=1S/C20H26ClFN6.HI/c1-11(2)19-26-17-8-7-12(10-28(17)27-19)24-20(23-3)25-16-9-13(16)18-14(21)5-4-6-15(18)22;/h4-6,11-13,16H,7-10H2,1-3H3,(H2,23,24,25);1H. The second kappa shape index (κ2) is 9.16. The van der Waals surface area contributed by atoms with Crippen LogP contribution in [0.25, 0.3) is 0 Å². The highest BCUT2D eigenvalue weighted by molar-refractivity contribution is 14.0. The number of hydrogen-bond acceptors (Lipinski definition) is 3. The van der Waals surface area contributed by atoms with E-state index in [2.05, 4.69) is 39.6 Å². The third-order valence-electron chi connectivity index (χ3n) is 5.44. The largest absolute Gasteiger partial charge is 0.353 e. The number of nitrogens with one attached hydrogen (secondary N) is 2. The van der Waals surface area contributed by atoms with E-state index >= 15 is 0 Å². The minimum atomic E-state index is -0.239. The first-order valence-corrected chi connectivity index (χ1v) is 10.2. The first-order valence-electron chi connectivity index (χ1n) is 9.83. The minimum absolute atomic E-state index is 0. The molecule has 1 aliphatic heterocycles. The van der Waals surface area contributed by atoms with Crippen LogP contribution >= 0.6 is 35.6 Å². The SMILES string of the molecule is CN=C(NC1CCc2nc(C(C)C)nn2C1)NC1CC1c1c(F)cccc1Cl.I. The molecule has 2 aliphatic rings. The minimum Gasteiger partial charge on any atom is -0.353 e. The molecule has 2 N–H and O–H groups in total. The topological polar surface area (TPSA) is 67.1 Å². The molecular weight excluding hydrogens is 506 g/mol. The number of halogens is 3. The smallest absolute Gasteiger partial charge is 0.191 e. The van der Waals surface area contributed by atoms with E-state index < -0.39 is 0 Å². The molecule has 0 amide bonds. The molecule has 3 atom stereocenters. The van der Waals surface area contributed by atoms with E-state index in [1.807, 2.05) is 4.68 Å². The maximum Gasteiger partial charge on any atom is 0.191 e. The number of aryl methyl sites for hydroxylation is 1. The van der Waals surface area contributed by atoms with Gasteiger partial charge in [-0.2, -0.15) is 5.10 Å². The van der Waals surface area contributed by atoms with Gasteiger partial charge in [0.1, 0.15) is 11.6 Å². The maximum atomic E-state index is 14.1. The predicted octanol–water partition coefficient (Wildman–Crippen LogP) is 3.85. The summed E-state index contributed by atoms with van der Waals surface area (Å²) >= 11 is 6.20. The average molecular weight is 533 g/mol. The average Bonchev–Trinajstić information content (AvgIpc) is 3.25. The molecule has 1 saturated carbocycles. The van der Waals surface area contributed by atoms with Gasteiger partial charge >= 0.3 is 0 Å². The first-order chi connectivity index (χ1) is 13.5. The van der Waals surface area contributed by atoms with E-state index in [1.54, 1.807) is 19.2 Å². The Morgan fingerprint density at radius 2 is 2.14 bits per heavy atom. The molecule has 1 fully saturated rings. The zero-order chi connectivity index (χ0) is 19.8. The van der Waals surface area contributed by atoms with Crippen LogP contribution in [0.2, 0.25) is 5.02 Å². The van der Waals surface area contributed by atoms with Crippen LogP contribution in [0.4, 0.5) is 4.39 Å². The lowest BCUT2D eigenvalue weighted by Crippen LogP contribution is -2.47. The summed E-state index contributed by atoms with van der Waals surface area (Å²) in [6, 6.07) is 5.21. The van der Waals surface area contributed by atoms with Crippen molar-refractivity contribution in [2.75, 3.05) is 7.05 Å². The van der Waals surface area contributed by atoms with E-state index in [4.69, 9.17) is 11.6 Å². The van der Waals surface area contributed by atoms with Crippen LogP contribution in [0.15, 0.2) is 23.2 Å². The van der Waals surface area contributed by atoms with E-state index in [-0.39, 0.29) is 47.8 Å². The second-order valence-corrected chi connectivity index (χ2v) is 8.31. The quantitative estimate of drug-likeness (QED) is 0.357. The van der Waals surface area contributed by atoms with Gasteiger partial charge in [0.25, 0.3) is 0 Å². The van der Waals surface area contributed by atoms with Gasteiger partial charge in [-0.15, -0.1) is 24.0 Å². The van der Waals surface area contributed by atoms with E-state index in [0.29, 0.717) is 16.5 Å². The Bertz CT molecular complexity index is 879. The van der Waals surface area contributed by atoms with Crippen molar-refractivity contribution in [2.45, 2.75) is 63.6 Å². The Hall–Kier alpha value is -1.42. The summed E-state index contributed by atoms with van der Waals surface area (Å²) in [4.78, 5) is 8.98. The van der Waals surface area contributed by atoms with E-state index in [9.17, 15) is 4.39 Å². The Balaban J connectivity index is 0.00000240. The lowest BCUT2D eigenvalue weighted by atomic mass is 10.1. The fourth-order valence-electron chi connectivity index (χ4n) is 3.77. The number of fused-ring (bicyclic) bond motifs is 1. The van der Waals surface area contributed by atoms with Crippen LogP contribution < -0.4 is 10.6 Å². The number of rotatable bonds is 4. The molecule has 0 saturated heterocycles. The van der Waals surface area contributed by atoms with E-state index in [0.717, 1.165) is 43.4 Å². The second-order valence-electron chi connectivity index (χ2n) is 7.90. The van der Waals surface area contributed by atoms with Gasteiger partial charge in [0.05, 0.1) is 6.54 Å². The summed E-state index contributed by atoms with van der Waals surface area (Å²) in [5.74, 6) is 2.86. The fourth-order valence-corrected chi connectivity index (χ4v) is 4.07. The van der Waals surface area contributed by atoms with Crippen LogP contribution in [-0.2, 0) is 13.0 Å². The molecule has 0 bridgehead atoms. The van der Waals surface area contributed by atoms with Crippen LogP contribution in [0.3, 0.4) is 0 Å². The molecule has 2 aromatic rings. The molecule has 1 aliphatic carbocycles. The van der Waals surface area contributed by atoms with Crippen LogP contribution in [-0.4, -0.2) is 39.9 Å². The summed E-state index contributed by atoms with van der Waals surface area (Å²) in [5, 5.41) is 12.0. The van der Waals surface area contributed by atoms with Gasteiger partial charge < -0.3 is 10.6 Å². The lowest BCUT2D eigenvalue weighted by Gasteiger charge is -2.25. The Morgan fingerprint density at radius 3 is 2.83 bits per heavy atom. The summed E-state index contributed by atoms with van der Waals surface area (Å²) < 4.78 is 16.1. The Morgan fingerprint density at radius 1 is 1.34 bits per heavy atom. The van der Waals surface area contributed by atoms with Gasteiger partial charge in [-0.25, -0.2) is 14.1 Å². The van der Waals surface area contributed by atoms with Gasteiger partial charge in [0.15, 0.2) is 11.8 Å². The van der Waals surface area contributed by atoms with Gasteiger partial charge in [-0.3, -0.25) is 4.99 Å². The molecule has 0 radical (unpaired) electrons. The number of aromatic nitrogens is 3. The van der Waals surface area contributed by atoms with Crippen LogP contribution in [0.1, 0.15) is 55.7 Å². The normalized spacial score (nSPS) is 23.4. The van der Waals surface area contributed by atoms with Crippen molar-refractivity contribution in [2.24, 2.45) is 4.99 Å². The number of guanidine groups is 1. The number of hydrogen-bond donors (Lipinski definition) is 2. The lowest BCUT2D eigenvalue weighted by molar-refractivity contribution is 0.391. The summed E-state index contributed by atoms with van der Waals surface area (Å²) in [6.07, 6.45) is 2.71. The highest BCUT2D eigenvalue weighted by Crippen LogP contribution is 2.44. The summed E-state index contributed by atoms with van der Waals surface area (Å²) in [5.41, 5.74) is 0.600. The van der Waals surface area contributed by atoms with Crippen LogP contribution in [0.5, 0.6) is 0 Å². The van der Waals surface area contributed by atoms with Crippen LogP contribution in [0, 0.1) is 5.82 Å². The van der Waals surface area contributed by atoms with Crippen molar-refractivity contribution in [3.63, 3.8) is 0 Å². The third kappa shape index (κ3) is 4.84. The molecule has 0 spiro atoms. The Labute approximate surface area is 192 Å². The zero-order valence-electron chi connectivity index (χ0n) is 16.8. The molecule has 3 unspecified atom stereocenters. The van der Waals surface area contributed by atoms with Gasteiger partial charge in [-0.1, -0.05) is 31.5 Å². The summed E-state index contributed by atoms with van der Waals surface area (Å²) in [7, 11) is 1.75. The molecule has 4 rings (SSSR count). The van der Waals surface area contributed by atoms with Crippen molar-refractivity contribution in [3.8, 4) is 0 Å². The highest BCUT2D eigenvalue weighted by atomic mass is 127. The first kappa shape index (κ1) is 22.3. The van der Waals surface area contributed by atoms with Crippen molar-refractivity contribution in [1.82, 2.24) is 25.4 Å². The maximum absolute atomic E-state index is 14.1. The van der Waals surface area contributed by atoms with Gasteiger partial charge in [0, 0.05) is 48.0 Å². The molecular formula is C20H27ClFIN6. The molecule has 158 valence electrons. The number of benzene rings is 1. The third-order valence-corrected chi connectivity index (χ3v) is 5.77. The molecule has 29 heavy (non-hydrogen) atoms. The van der Waals surface area contributed by atoms with Crippen molar-refractivity contribution in [1.29, 1.82) is 0 Å². The number of aliphatic imine (C=N–C) groups is 1. The van der Waals surface area contributed by atoms with Gasteiger partial charge in [0.2, 0.25) is 0 Å². The molecule has 1 aromatic carbocycles. The number of nitrogens with zero attached hydrogens (tertiary/aromatic N) is 4. The zero-order valence-corrected chi connectivity index (χ0v) is 19.9. The summed E-state index contributed by atoms with van der Waals surface area (Å²) in [6.45, 7) is 4.98.